The number of nitrogens with zero attached hydrogens (tertiary/aromatic N) is 2. The van der Waals surface area contributed by atoms with Gasteiger partial charge in [-0.15, -0.1) is 0 Å². The molecule has 15 heavy (non-hydrogen) atoms. The number of carbonyl (C=O) groups is 1. The van der Waals surface area contributed by atoms with E-state index in [0.29, 0.717) is 5.56 Å². The molecule has 1 atom stereocenters. The number of piperazine rings is 1. The predicted octanol–water partition coefficient (Wildman–Crippen LogP) is 0.168. The minimum absolute atomic E-state index is 0.0528. The Balaban J connectivity index is 2.13. The van der Waals surface area contributed by atoms with Crippen molar-refractivity contribution in [2.75, 3.05) is 26.7 Å². The Morgan fingerprint density at radius 3 is 3.20 bits per heavy atom. The van der Waals surface area contributed by atoms with Crippen LogP contribution in [0, 0.1) is 0 Å². The molecule has 1 aliphatic heterocycles. The van der Waals surface area contributed by atoms with E-state index in [1.54, 1.807) is 18.5 Å². The molecule has 0 spiro atoms. The summed E-state index contributed by atoms with van der Waals surface area (Å²) in [6.45, 7) is 2.59. The van der Waals surface area contributed by atoms with Crippen LogP contribution in [-0.4, -0.2) is 48.4 Å². The highest BCUT2D eigenvalue weighted by Gasteiger charge is 2.26. The lowest BCUT2D eigenvalue weighted by atomic mass is 10.0. The molecule has 2 heterocycles. The number of ketones is 1. The Morgan fingerprint density at radius 2 is 2.53 bits per heavy atom. The SMILES string of the molecule is CN1CCNCC1C(=O)c1cccnc1. The Kier molecular flexibility index (Phi) is 3.08. The molecule has 1 unspecified atom stereocenters. The second-order valence-electron chi connectivity index (χ2n) is 3.81. The number of nitrogens with one attached hydrogen (secondary N) is 1. The fourth-order valence-corrected chi connectivity index (χ4v) is 1.80. The number of carbonyl (C=O) groups excluding carboxylic acids is 1. The smallest absolute Gasteiger partial charge is 0.182 e. The van der Waals surface area contributed by atoms with Crippen molar-refractivity contribution in [1.29, 1.82) is 0 Å². The molecular weight excluding hydrogens is 190 g/mol. The van der Waals surface area contributed by atoms with Crippen LogP contribution in [0.1, 0.15) is 10.4 Å². The fraction of sp³-hybridized carbons (Fsp3) is 0.455. The van der Waals surface area contributed by atoms with Gasteiger partial charge in [0.2, 0.25) is 0 Å². The van der Waals surface area contributed by atoms with E-state index in [1.165, 1.54) is 0 Å². The summed E-state index contributed by atoms with van der Waals surface area (Å²) in [5.41, 5.74) is 0.693. The van der Waals surface area contributed by atoms with Gasteiger partial charge in [-0.25, -0.2) is 0 Å². The summed E-state index contributed by atoms with van der Waals surface area (Å²) in [5.74, 6) is 0.151. The maximum absolute atomic E-state index is 12.1. The molecule has 1 fully saturated rings. The van der Waals surface area contributed by atoms with Gasteiger partial charge in [-0.2, -0.15) is 0 Å². The van der Waals surface area contributed by atoms with E-state index in [9.17, 15) is 4.79 Å². The zero-order chi connectivity index (χ0) is 10.7. The monoisotopic (exact) mass is 205 g/mol. The summed E-state index contributed by atoms with van der Waals surface area (Å²) in [6, 6.07) is 3.56. The lowest BCUT2D eigenvalue weighted by Gasteiger charge is -2.31. The molecule has 1 aromatic heterocycles. The van der Waals surface area contributed by atoms with Crippen LogP contribution in [0.15, 0.2) is 24.5 Å². The molecule has 0 bridgehead atoms. The van der Waals surface area contributed by atoms with Gasteiger partial charge in [0.15, 0.2) is 5.78 Å². The van der Waals surface area contributed by atoms with Crippen LogP contribution in [0.3, 0.4) is 0 Å². The van der Waals surface area contributed by atoms with Gasteiger partial charge in [0, 0.05) is 37.6 Å². The average Bonchev–Trinajstić information content (AvgIpc) is 2.30. The molecule has 80 valence electrons. The van der Waals surface area contributed by atoms with E-state index in [2.05, 4.69) is 15.2 Å². The van der Waals surface area contributed by atoms with Crippen molar-refractivity contribution in [3.63, 3.8) is 0 Å². The zero-order valence-electron chi connectivity index (χ0n) is 8.81. The number of pyridine rings is 1. The first-order chi connectivity index (χ1) is 7.29. The Morgan fingerprint density at radius 1 is 1.67 bits per heavy atom. The average molecular weight is 205 g/mol. The highest BCUT2D eigenvalue weighted by molar-refractivity contribution is 6.00. The van der Waals surface area contributed by atoms with Crippen LogP contribution < -0.4 is 5.32 Å². The summed E-state index contributed by atoms with van der Waals surface area (Å²) in [5, 5.41) is 3.23. The molecule has 1 saturated heterocycles. The first-order valence-electron chi connectivity index (χ1n) is 5.14. The van der Waals surface area contributed by atoms with Crippen LogP contribution in [0.25, 0.3) is 0 Å². The number of hydrogen-bond donors (Lipinski definition) is 1. The van der Waals surface area contributed by atoms with Gasteiger partial charge in [-0.3, -0.25) is 14.7 Å². The number of hydrogen-bond acceptors (Lipinski definition) is 4. The molecule has 1 aromatic rings. The second kappa shape index (κ2) is 4.51. The minimum atomic E-state index is -0.0528. The van der Waals surface area contributed by atoms with Gasteiger partial charge in [0.25, 0.3) is 0 Å². The molecule has 0 radical (unpaired) electrons. The lowest BCUT2D eigenvalue weighted by molar-refractivity contribution is 0.0819. The summed E-state index contributed by atoms with van der Waals surface area (Å²) < 4.78 is 0. The third kappa shape index (κ3) is 2.22. The standard InChI is InChI=1S/C11H15N3O/c1-14-6-5-13-8-10(14)11(15)9-3-2-4-12-7-9/h2-4,7,10,13H,5-6,8H2,1H3. The van der Waals surface area contributed by atoms with E-state index in [0.717, 1.165) is 19.6 Å². The normalized spacial score (nSPS) is 22.6. The van der Waals surface area contributed by atoms with E-state index >= 15 is 0 Å². The van der Waals surface area contributed by atoms with Gasteiger partial charge < -0.3 is 5.32 Å². The van der Waals surface area contributed by atoms with Gasteiger partial charge in [0.1, 0.15) is 0 Å². The highest BCUT2D eigenvalue weighted by atomic mass is 16.1. The van der Waals surface area contributed by atoms with E-state index < -0.39 is 0 Å². The predicted molar refractivity (Wildman–Crippen MR) is 57.9 cm³/mol. The molecule has 0 aromatic carbocycles. The third-order valence-corrected chi connectivity index (χ3v) is 2.76. The van der Waals surface area contributed by atoms with Gasteiger partial charge in [-0.1, -0.05) is 0 Å². The van der Waals surface area contributed by atoms with Crippen molar-refractivity contribution < 1.29 is 4.79 Å². The largest absolute Gasteiger partial charge is 0.313 e. The summed E-state index contributed by atoms with van der Waals surface area (Å²) in [4.78, 5) is 18.1. The van der Waals surface area contributed by atoms with E-state index in [1.807, 2.05) is 13.1 Å². The number of aromatic nitrogens is 1. The van der Waals surface area contributed by atoms with Crippen molar-refractivity contribution in [2.45, 2.75) is 6.04 Å². The Hall–Kier alpha value is -1.26. The maximum Gasteiger partial charge on any atom is 0.182 e. The van der Waals surface area contributed by atoms with Crippen molar-refractivity contribution in [3.8, 4) is 0 Å². The van der Waals surface area contributed by atoms with E-state index in [4.69, 9.17) is 0 Å². The molecule has 1 N–H and O–H groups in total. The molecule has 0 saturated carbocycles. The minimum Gasteiger partial charge on any atom is -0.313 e. The van der Waals surface area contributed by atoms with E-state index in [-0.39, 0.29) is 11.8 Å². The summed E-state index contributed by atoms with van der Waals surface area (Å²) >= 11 is 0. The van der Waals surface area contributed by atoms with Crippen molar-refractivity contribution in [3.05, 3.63) is 30.1 Å². The number of Topliss-reactive ketones (excluding diaryl/α,β-unsaturated/α-hetero) is 1. The molecule has 0 amide bonds. The molecule has 4 heteroatoms. The van der Waals surface area contributed by atoms with Crippen LogP contribution in [0.4, 0.5) is 0 Å². The van der Waals surface area contributed by atoms with Crippen LogP contribution in [-0.2, 0) is 0 Å². The number of rotatable bonds is 2. The number of likely N-dealkylation sites (N-methyl/N-ethyl adjacent to an activating group) is 1. The topological polar surface area (TPSA) is 45.2 Å². The van der Waals surface area contributed by atoms with Crippen molar-refractivity contribution >= 4 is 5.78 Å². The van der Waals surface area contributed by atoms with Gasteiger partial charge >= 0.3 is 0 Å². The molecule has 1 aliphatic rings. The molecule has 2 rings (SSSR count). The third-order valence-electron chi connectivity index (χ3n) is 2.76. The van der Waals surface area contributed by atoms with Gasteiger partial charge in [-0.05, 0) is 19.2 Å². The van der Waals surface area contributed by atoms with Crippen LogP contribution in [0.2, 0.25) is 0 Å². The first-order valence-corrected chi connectivity index (χ1v) is 5.14. The molecular formula is C11H15N3O. The second-order valence-corrected chi connectivity index (χ2v) is 3.81. The van der Waals surface area contributed by atoms with Gasteiger partial charge in [0.05, 0.1) is 6.04 Å². The first kappa shape index (κ1) is 10.3. The summed E-state index contributed by atoms with van der Waals surface area (Å²) in [7, 11) is 1.99. The highest BCUT2D eigenvalue weighted by Crippen LogP contribution is 2.08. The van der Waals surface area contributed by atoms with Crippen molar-refractivity contribution in [1.82, 2.24) is 15.2 Å². The lowest BCUT2D eigenvalue weighted by Crippen LogP contribution is -2.53. The quantitative estimate of drug-likeness (QED) is 0.699. The molecule has 4 nitrogen and oxygen atoms in total. The van der Waals surface area contributed by atoms with Crippen molar-refractivity contribution in [2.24, 2.45) is 0 Å². The Labute approximate surface area is 89.3 Å². The fourth-order valence-electron chi connectivity index (χ4n) is 1.80. The Bertz CT molecular complexity index is 339. The van der Waals surface area contributed by atoms with Crippen LogP contribution in [0.5, 0.6) is 0 Å². The van der Waals surface area contributed by atoms with Crippen LogP contribution >= 0.6 is 0 Å². The maximum atomic E-state index is 12.1. The summed E-state index contributed by atoms with van der Waals surface area (Å²) in [6.07, 6.45) is 3.31. The zero-order valence-corrected chi connectivity index (χ0v) is 8.81. The molecule has 0 aliphatic carbocycles.